The van der Waals surface area contributed by atoms with E-state index in [9.17, 15) is 18.0 Å². The molecule has 6 heteroatoms. The van der Waals surface area contributed by atoms with Crippen molar-refractivity contribution in [3.05, 3.63) is 35.4 Å². The molecule has 1 atom stereocenters. The van der Waals surface area contributed by atoms with Crippen molar-refractivity contribution < 1.29 is 18.0 Å². The molecular formula is C13H17F3N2O. The maximum Gasteiger partial charge on any atom is 0.417 e. The van der Waals surface area contributed by atoms with E-state index in [2.05, 4.69) is 5.32 Å². The molecule has 1 aromatic rings. The lowest BCUT2D eigenvalue weighted by atomic mass is 9.95. The van der Waals surface area contributed by atoms with Crippen molar-refractivity contribution in [3.8, 4) is 0 Å². The number of hydrogen-bond donors (Lipinski definition) is 2. The largest absolute Gasteiger partial charge is 0.417 e. The molecule has 106 valence electrons. The Labute approximate surface area is 110 Å². The van der Waals surface area contributed by atoms with E-state index in [1.165, 1.54) is 12.1 Å². The first-order chi connectivity index (χ1) is 8.55. The van der Waals surface area contributed by atoms with Crippen LogP contribution in [0.25, 0.3) is 0 Å². The summed E-state index contributed by atoms with van der Waals surface area (Å²) in [6.45, 7) is 4.99. The van der Waals surface area contributed by atoms with Crippen LogP contribution in [0.4, 0.5) is 13.2 Å². The maximum atomic E-state index is 12.8. The molecule has 0 saturated heterocycles. The number of nitrogens with two attached hydrogens (primary N) is 1. The number of hydrogen-bond acceptors (Lipinski definition) is 2. The standard InChI is InChI=1S/C13H17F3N2O/c1-8(17)12(2,3)18-11(19)9-6-4-5-7-10(9)13(14,15)16/h4-8H,17H2,1-3H3,(H,18,19). The van der Waals surface area contributed by atoms with Crippen molar-refractivity contribution in [2.24, 2.45) is 5.73 Å². The lowest BCUT2D eigenvalue weighted by molar-refractivity contribution is -0.137. The third-order valence-electron chi connectivity index (χ3n) is 3.05. The van der Waals surface area contributed by atoms with Gasteiger partial charge in [0.2, 0.25) is 0 Å². The van der Waals surface area contributed by atoms with Gasteiger partial charge in [-0.15, -0.1) is 0 Å². The zero-order chi connectivity index (χ0) is 14.8. The van der Waals surface area contributed by atoms with E-state index in [-0.39, 0.29) is 0 Å². The summed E-state index contributed by atoms with van der Waals surface area (Å²) in [5.74, 6) is -0.782. The van der Waals surface area contributed by atoms with E-state index in [0.717, 1.165) is 12.1 Å². The van der Waals surface area contributed by atoms with Crippen LogP contribution < -0.4 is 11.1 Å². The quantitative estimate of drug-likeness (QED) is 0.890. The Morgan fingerprint density at radius 1 is 1.26 bits per heavy atom. The molecule has 1 amide bonds. The Hall–Kier alpha value is -1.56. The Morgan fingerprint density at radius 3 is 2.26 bits per heavy atom. The van der Waals surface area contributed by atoms with Gasteiger partial charge in [-0.1, -0.05) is 12.1 Å². The summed E-state index contributed by atoms with van der Waals surface area (Å²) in [4.78, 5) is 12.0. The zero-order valence-corrected chi connectivity index (χ0v) is 11.0. The highest BCUT2D eigenvalue weighted by atomic mass is 19.4. The highest BCUT2D eigenvalue weighted by molar-refractivity contribution is 5.96. The summed E-state index contributed by atoms with van der Waals surface area (Å²) in [5, 5.41) is 2.52. The molecule has 0 aliphatic heterocycles. The van der Waals surface area contributed by atoms with Gasteiger partial charge in [-0.3, -0.25) is 4.79 Å². The van der Waals surface area contributed by atoms with Gasteiger partial charge < -0.3 is 11.1 Å². The third-order valence-corrected chi connectivity index (χ3v) is 3.05. The highest BCUT2D eigenvalue weighted by Gasteiger charge is 2.36. The minimum absolute atomic E-state index is 0.394. The molecule has 0 radical (unpaired) electrons. The number of halogens is 3. The summed E-state index contributed by atoms with van der Waals surface area (Å²) < 4.78 is 38.4. The van der Waals surface area contributed by atoms with E-state index in [4.69, 9.17) is 5.73 Å². The average molecular weight is 274 g/mol. The molecule has 0 aromatic heterocycles. The van der Waals surface area contributed by atoms with Crippen LogP contribution in [0.15, 0.2) is 24.3 Å². The van der Waals surface area contributed by atoms with Crippen molar-refractivity contribution in [1.29, 1.82) is 0 Å². The normalized spacial score (nSPS) is 14.1. The Balaban J connectivity index is 3.08. The van der Waals surface area contributed by atoms with Crippen LogP contribution in [-0.2, 0) is 6.18 Å². The molecule has 3 nitrogen and oxygen atoms in total. The molecule has 0 saturated carbocycles. The maximum absolute atomic E-state index is 12.8. The number of alkyl halides is 3. The van der Waals surface area contributed by atoms with E-state index >= 15 is 0 Å². The molecule has 0 heterocycles. The van der Waals surface area contributed by atoms with Crippen molar-refractivity contribution in [3.63, 3.8) is 0 Å². The van der Waals surface area contributed by atoms with Crippen LogP contribution in [0.3, 0.4) is 0 Å². The number of nitrogens with one attached hydrogen (secondary N) is 1. The van der Waals surface area contributed by atoms with Gasteiger partial charge in [0.1, 0.15) is 0 Å². The fourth-order valence-corrected chi connectivity index (χ4v) is 1.40. The molecule has 0 aliphatic rings. The molecule has 0 aliphatic carbocycles. The molecule has 1 aromatic carbocycles. The summed E-state index contributed by atoms with van der Waals surface area (Å²) >= 11 is 0. The molecule has 3 N–H and O–H groups in total. The average Bonchev–Trinajstić information content (AvgIpc) is 2.27. The summed E-state index contributed by atoms with van der Waals surface area (Å²) in [6.07, 6.45) is -4.56. The van der Waals surface area contributed by atoms with Gasteiger partial charge in [0, 0.05) is 11.6 Å². The third kappa shape index (κ3) is 3.70. The second kappa shape index (κ2) is 5.21. The van der Waals surface area contributed by atoms with Crippen LogP contribution in [0, 0.1) is 0 Å². The fourth-order valence-electron chi connectivity index (χ4n) is 1.40. The van der Waals surface area contributed by atoms with E-state index in [1.54, 1.807) is 20.8 Å². The Kier molecular flexibility index (Phi) is 4.25. The number of amides is 1. The predicted octanol–water partition coefficient (Wildman–Crippen LogP) is 2.56. The van der Waals surface area contributed by atoms with E-state index < -0.39 is 34.8 Å². The smallest absolute Gasteiger partial charge is 0.346 e. The summed E-state index contributed by atoms with van der Waals surface area (Å²) in [6, 6.07) is 4.28. The van der Waals surface area contributed by atoms with Gasteiger partial charge in [-0.2, -0.15) is 13.2 Å². The molecule has 0 spiro atoms. The second-order valence-electron chi connectivity index (χ2n) is 5.01. The van der Waals surface area contributed by atoms with E-state index in [1.807, 2.05) is 0 Å². The van der Waals surface area contributed by atoms with Gasteiger partial charge >= 0.3 is 6.18 Å². The van der Waals surface area contributed by atoms with Crippen LogP contribution >= 0.6 is 0 Å². The number of benzene rings is 1. The van der Waals surface area contributed by atoms with Crippen molar-refractivity contribution >= 4 is 5.91 Å². The number of carbonyl (C=O) groups is 1. The lowest BCUT2D eigenvalue weighted by Gasteiger charge is -2.30. The molecule has 1 rings (SSSR count). The second-order valence-corrected chi connectivity index (χ2v) is 5.01. The van der Waals surface area contributed by atoms with Crippen molar-refractivity contribution in [2.75, 3.05) is 0 Å². The monoisotopic (exact) mass is 274 g/mol. The Bertz CT molecular complexity index is 467. The van der Waals surface area contributed by atoms with Gasteiger partial charge in [0.15, 0.2) is 0 Å². The van der Waals surface area contributed by atoms with Crippen LogP contribution in [-0.4, -0.2) is 17.5 Å². The van der Waals surface area contributed by atoms with Crippen LogP contribution in [0.5, 0.6) is 0 Å². The molecule has 19 heavy (non-hydrogen) atoms. The van der Waals surface area contributed by atoms with Crippen LogP contribution in [0.2, 0.25) is 0 Å². The van der Waals surface area contributed by atoms with Gasteiger partial charge in [-0.05, 0) is 32.9 Å². The molecule has 0 bridgehead atoms. The van der Waals surface area contributed by atoms with Gasteiger partial charge in [0.25, 0.3) is 5.91 Å². The highest BCUT2D eigenvalue weighted by Crippen LogP contribution is 2.32. The van der Waals surface area contributed by atoms with Crippen molar-refractivity contribution in [1.82, 2.24) is 5.32 Å². The first kappa shape index (κ1) is 15.5. The summed E-state index contributed by atoms with van der Waals surface area (Å²) in [5.41, 5.74) is 3.54. The fraction of sp³-hybridized carbons (Fsp3) is 0.462. The first-order valence-corrected chi connectivity index (χ1v) is 5.80. The molecular weight excluding hydrogens is 257 g/mol. The zero-order valence-electron chi connectivity index (χ0n) is 11.0. The first-order valence-electron chi connectivity index (χ1n) is 5.80. The summed E-state index contributed by atoms with van der Waals surface area (Å²) in [7, 11) is 0. The number of rotatable bonds is 3. The Morgan fingerprint density at radius 2 is 1.79 bits per heavy atom. The minimum atomic E-state index is -4.56. The SMILES string of the molecule is CC(N)C(C)(C)NC(=O)c1ccccc1C(F)(F)F. The van der Waals surface area contributed by atoms with Gasteiger partial charge in [0.05, 0.1) is 11.1 Å². The molecule has 0 fully saturated rings. The van der Waals surface area contributed by atoms with Crippen LogP contribution in [0.1, 0.15) is 36.7 Å². The van der Waals surface area contributed by atoms with Gasteiger partial charge in [-0.25, -0.2) is 0 Å². The van der Waals surface area contributed by atoms with E-state index in [0.29, 0.717) is 0 Å². The minimum Gasteiger partial charge on any atom is -0.346 e. The van der Waals surface area contributed by atoms with Crippen molar-refractivity contribution in [2.45, 2.75) is 38.5 Å². The lowest BCUT2D eigenvalue weighted by Crippen LogP contribution is -2.54. The molecule has 1 unspecified atom stereocenters. The number of carbonyl (C=O) groups excluding carboxylic acids is 1. The predicted molar refractivity (Wildman–Crippen MR) is 66.6 cm³/mol. The topological polar surface area (TPSA) is 55.1 Å².